The van der Waals surface area contributed by atoms with Crippen LogP contribution in [0.1, 0.15) is 18.9 Å². The molecule has 0 unspecified atom stereocenters. The summed E-state index contributed by atoms with van der Waals surface area (Å²) in [4.78, 5) is 4.16. The second-order valence-electron chi connectivity index (χ2n) is 4.56. The van der Waals surface area contributed by atoms with Gasteiger partial charge in [0.2, 0.25) is 0 Å². The van der Waals surface area contributed by atoms with Crippen LogP contribution in [0.5, 0.6) is 17.2 Å². The SMILES string of the molecule is CCCNCc1cnccc1Oc1ccc(OC)cc1Br. The highest BCUT2D eigenvalue weighted by molar-refractivity contribution is 9.10. The van der Waals surface area contributed by atoms with Gasteiger partial charge in [-0.25, -0.2) is 0 Å². The van der Waals surface area contributed by atoms with Crippen molar-refractivity contribution in [3.8, 4) is 17.2 Å². The third-order valence-electron chi connectivity index (χ3n) is 2.96. The summed E-state index contributed by atoms with van der Waals surface area (Å²) >= 11 is 3.50. The third kappa shape index (κ3) is 4.44. The van der Waals surface area contributed by atoms with E-state index in [1.165, 1.54) is 0 Å². The van der Waals surface area contributed by atoms with Crippen LogP contribution in [-0.4, -0.2) is 18.6 Å². The molecule has 0 aliphatic heterocycles. The van der Waals surface area contributed by atoms with Crippen molar-refractivity contribution in [2.75, 3.05) is 13.7 Å². The van der Waals surface area contributed by atoms with Gasteiger partial charge in [0.1, 0.15) is 17.2 Å². The fourth-order valence-corrected chi connectivity index (χ4v) is 2.30. The molecule has 0 aliphatic rings. The van der Waals surface area contributed by atoms with Crippen LogP contribution in [-0.2, 0) is 6.54 Å². The lowest BCUT2D eigenvalue weighted by atomic mass is 10.2. The second kappa shape index (κ2) is 8.00. The number of methoxy groups -OCH3 is 1. The molecule has 0 saturated heterocycles. The van der Waals surface area contributed by atoms with Crippen molar-refractivity contribution < 1.29 is 9.47 Å². The Morgan fingerprint density at radius 1 is 1.24 bits per heavy atom. The highest BCUT2D eigenvalue weighted by atomic mass is 79.9. The van der Waals surface area contributed by atoms with Crippen molar-refractivity contribution in [1.29, 1.82) is 0 Å². The van der Waals surface area contributed by atoms with Gasteiger partial charge in [0.25, 0.3) is 0 Å². The predicted molar refractivity (Wildman–Crippen MR) is 87.0 cm³/mol. The van der Waals surface area contributed by atoms with Crippen LogP contribution >= 0.6 is 15.9 Å². The van der Waals surface area contributed by atoms with Crippen molar-refractivity contribution in [1.82, 2.24) is 10.3 Å². The number of nitrogens with zero attached hydrogens (tertiary/aromatic N) is 1. The first-order chi connectivity index (χ1) is 10.2. The predicted octanol–water partition coefficient (Wildman–Crippen LogP) is 4.14. The minimum atomic E-state index is 0.741. The molecule has 1 heterocycles. The zero-order valence-corrected chi connectivity index (χ0v) is 13.8. The van der Waals surface area contributed by atoms with Gasteiger partial charge in [-0.2, -0.15) is 0 Å². The van der Waals surface area contributed by atoms with Crippen LogP contribution < -0.4 is 14.8 Å². The Morgan fingerprint density at radius 3 is 2.81 bits per heavy atom. The number of nitrogens with one attached hydrogen (secondary N) is 1. The van der Waals surface area contributed by atoms with Crippen molar-refractivity contribution in [3.63, 3.8) is 0 Å². The Balaban J connectivity index is 2.15. The molecule has 112 valence electrons. The van der Waals surface area contributed by atoms with Gasteiger partial charge in [-0.3, -0.25) is 4.98 Å². The summed E-state index contributed by atoms with van der Waals surface area (Å²) < 4.78 is 12.0. The van der Waals surface area contributed by atoms with Crippen LogP contribution in [0.25, 0.3) is 0 Å². The van der Waals surface area contributed by atoms with E-state index in [0.29, 0.717) is 0 Å². The molecular formula is C16H19BrN2O2. The molecule has 1 N–H and O–H groups in total. The molecule has 5 heteroatoms. The van der Waals surface area contributed by atoms with E-state index in [2.05, 4.69) is 33.2 Å². The van der Waals surface area contributed by atoms with Crippen LogP contribution in [0.4, 0.5) is 0 Å². The van der Waals surface area contributed by atoms with Crippen LogP contribution in [0, 0.1) is 0 Å². The van der Waals surface area contributed by atoms with Gasteiger partial charge in [0, 0.05) is 24.5 Å². The standard InChI is InChI=1S/C16H19BrN2O2/c1-3-7-18-10-12-11-19-8-6-15(12)21-16-5-4-13(20-2)9-14(16)17/h4-6,8-9,11,18H,3,7,10H2,1-2H3. The number of hydrogen-bond donors (Lipinski definition) is 1. The van der Waals surface area contributed by atoms with Crippen molar-refractivity contribution >= 4 is 15.9 Å². The molecule has 2 rings (SSSR count). The molecule has 0 bridgehead atoms. The Kier molecular flexibility index (Phi) is 6.02. The normalized spacial score (nSPS) is 10.4. The largest absolute Gasteiger partial charge is 0.497 e. The summed E-state index contributed by atoms with van der Waals surface area (Å²) in [6.07, 6.45) is 4.66. The van der Waals surface area contributed by atoms with Gasteiger partial charge in [-0.1, -0.05) is 6.92 Å². The molecule has 1 aromatic heterocycles. The summed E-state index contributed by atoms with van der Waals surface area (Å²) in [5.41, 5.74) is 1.04. The Morgan fingerprint density at radius 2 is 2.10 bits per heavy atom. The van der Waals surface area contributed by atoms with Crippen LogP contribution in [0.3, 0.4) is 0 Å². The van der Waals surface area contributed by atoms with E-state index in [1.54, 1.807) is 13.3 Å². The molecular weight excluding hydrogens is 332 g/mol. The monoisotopic (exact) mass is 350 g/mol. The van der Waals surface area contributed by atoms with E-state index in [9.17, 15) is 0 Å². The molecule has 21 heavy (non-hydrogen) atoms. The quantitative estimate of drug-likeness (QED) is 0.762. The first kappa shape index (κ1) is 15.8. The summed E-state index contributed by atoms with van der Waals surface area (Å²) in [5.74, 6) is 2.34. The molecule has 1 aromatic carbocycles. The van der Waals surface area contributed by atoms with Gasteiger partial charge in [-0.15, -0.1) is 0 Å². The van der Waals surface area contributed by atoms with E-state index < -0.39 is 0 Å². The Bertz CT molecular complexity index is 590. The number of hydrogen-bond acceptors (Lipinski definition) is 4. The average Bonchev–Trinajstić information content (AvgIpc) is 2.51. The molecule has 4 nitrogen and oxygen atoms in total. The minimum Gasteiger partial charge on any atom is -0.497 e. The fraction of sp³-hybridized carbons (Fsp3) is 0.312. The average molecular weight is 351 g/mol. The molecule has 0 amide bonds. The maximum atomic E-state index is 5.99. The first-order valence-electron chi connectivity index (χ1n) is 6.89. The number of benzene rings is 1. The zero-order chi connectivity index (χ0) is 15.1. The fourth-order valence-electron chi connectivity index (χ4n) is 1.86. The maximum Gasteiger partial charge on any atom is 0.141 e. The highest BCUT2D eigenvalue weighted by Crippen LogP contribution is 2.33. The number of ether oxygens (including phenoxy) is 2. The minimum absolute atomic E-state index is 0.741. The van der Waals surface area contributed by atoms with Gasteiger partial charge in [0.15, 0.2) is 0 Å². The van der Waals surface area contributed by atoms with Crippen molar-refractivity contribution in [2.24, 2.45) is 0 Å². The summed E-state index contributed by atoms with van der Waals surface area (Å²) in [5, 5.41) is 3.36. The van der Waals surface area contributed by atoms with E-state index in [4.69, 9.17) is 9.47 Å². The van der Waals surface area contributed by atoms with Crippen molar-refractivity contribution in [2.45, 2.75) is 19.9 Å². The highest BCUT2D eigenvalue weighted by Gasteiger charge is 2.08. The molecule has 0 atom stereocenters. The molecule has 0 radical (unpaired) electrons. The maximum absolute atomic E-state index is 5.99. The lowest BCUT2D eigenvalue weighted by Gasteiger charge is -2.13. The third-order valence-corrected chi connectivity index (χ3v) is 3.58. The van der Waals surface area contributed by atoms with Crippen LogP contribution in [0.15, 0.2) is 41.1 Å². The first-order valence-corrected chi connectivity index (χ1v) is 7.69. The molecule has 0 saturated carbocycles. The molecule has 0 fully saturated rings. The van der Waals surface area contributed by atoms with Crippen LogP contribution in [0.2, 0.25) is 0 Å². The molecule has 2 aromatic rings. The van der Waals surface area contributed by atoms with Gasteiger partial charge in [-0.05, 0) is 53.2 Å². The van der Waals surface area contributed by atoms with E-state index in [-0.39, 0.29) is 0 Å². The number of rotatable bonds is 7. The topological polar surface area (TPSA) is 43.4 Å². The van der Waals surface area contributed by atoms with Gasteiger partial charge < -0.3 is 14.8 Å². The van der Waals surface area contributed by atoms with Crippen molar-refractivity contribution in [3.05, 3.63) is 46.7 Å². The number of pyridine rings is 1. The number of halogens is 1. The molecule has 0 spiro atoms. The van der Waals surface area contributed by atoms with Gasteiger partial charge >= 0.3 is 0 Å². The lowest BCUT2D eigenvalue weighted by molar-refractivity contribution is 0.412. The van der Waals surface area contributed by atoms with Gasteiger partial charge in [0.05, 0.1) is 11.6 Å². The Hall–Kier alpha value is -1.59. The Labute approximate surface area is 133 Å². The smallest absolute Gasteiger partial charge is 0.141 e. The van der Waals surface area contributed by atoms with E-state index in [1.807, 2.05) is 30.5 Å². The van der Waals surface area contributed by atoms with E-state index >= 15 is 0 Å². The summed E-state index contributed by atoms with van der Waals surface area (Å²) in [6.45, 7) is 3.85. The zero-order valence-electron chi connectivity index (χ0n) is 12.2. The number of aromatic nitrogens is 1. The summed E-state index contributed by atoms with van der Waals surface area (Å²) in [7, 11) is 1.64. The molecule has 0 aliphatic carbocycles. The second-order valence-corrected chi connectivity index (χ2v) is 5.41. The van der Waals surface area contributed by atoms with E-state index in [0.717, 1.165) is 46.8 Å². The summed E-state index contributed by atoms with van der Waals surface area (Å²) in [6, 6.07) is 7.51. The lowest BCUT2D eigenvalue weighted by Crippen LogP contribution is -2.14.